The summed E-state index contributed by atoms with van der Waals surface area (Å²) in [4.78, 5) is 14.7. The Labute approximate surface area is 150 Å². The highest BCUT2D eigenvalue weighted by atomic mass is 32.2. The summed E-state index contributed by atoms with van der Waals surface area (Å²) in [5, 5.41) is 2.86. The fourth-order valence-corrected chi connectivity index (χ4v) is 5.14. The summed E-state index contributed by atoms with van der Waals surface area (Å²) in [6, 6.07) is 6.48. The van der Waals surface area contributed by atoms with Gasteiger partial charge in [-0.3, -0.25) is 9.69 Å². The summed E-state index contributed by atoms with van der Waals surface area (Å²) in [5.74, 6) is 0.584. The summed E-state index contributed by atoms with van der Waals surface area (Å²) in [7, 11) is -3.40. The molecule has 2 heterocycles. The molecule has 1 aromatic rings. The van der Waals surface area contributed by atoms with Crippen molar-refractivity contribution in [1.29, 1.82) is 0 Å². The number of piperidine rings is 1. The Morgan fingerprint density at radius 3 is 2.44 bits per heavy atom. The molecule has 0 spiro atoms. The number of sulfonamides is 1. The molecule has 0 aliphatic carbocycles. The number of rotatable bonds is 5. The average molecular weight is 365 g/mol. The van der Waals surface area contributed by atoms with Crippen LogP contribution in [-0.4, -0.2) is 56.3 Å². The van der Waals surface area contributed by atoms with E-state index >= 15 is 0 Å². The van der Waals surface area contributed by atoms with Gasteiger partial charge in [-0.2, -0.15) is 4.31 Å². The second-order valence-electron chi connectivity index (χ2n) is 7.17. The number of carbonyl (C=O) groups excluding carboxylic acids is 1. The summed E-state index contributed by atoms with van der Waals surface area (Å²) in [6.45, 7) is 5.71. The number of hydrogen-bond acceptors (Lipinski definition) is 4. The molecular weight excluding hydrogens is 338 g/mol. The van der Waals surface area contributed by atoms with E-state index < -0.39 is 10.0 Å². The Hall–Kier alpha value is -1.44. The van der Waals surface area contributed by atoms with Gasteiger partial charge in [0.2, 0.25) is 15.9 Å². The first kappa shape index (κ1) is 18.4. The smallest absolute Gasteiger partial charge is 0.243 e. The van der Waals surface area contributed by atoms with E-state index in [9.17, 15) is 13.2 Å². The Bertz CT molecular complexity index is 697. The Morgan fingerprint density at radius 2 is 1.80 bits per heavy atom. The maximum Gasteiger partial charge on any atom is 0.243 e. The second kappa shape index (κ2) is 7.85. The number of anilines is 1. The van der Waals surface area contributed by atoms with E-state index in [0.717, 1.165) is 32.4 Å². The minimum absolute atomic E-state index is 0.0516. The molecule has 2 aliphatic rings. The van der Waals surface area contributed by atoms with Gasteiger partial charge in [-0.05, 0) is 62.4 Å². The largest absolute Gasteiger partial charge is 0.325 e. The zero-order valence-corrected chi connectivity index (χ0v) is 15.6. The maximum absolute atomic E-state index is 12.5. The van der Waals surface area contributed by atoms with Crippen LogP contribution < -0.4 is 5.32 Å². The van der Waals surface area contributed by atoms with E-state index in [0.29, 0.717) is 31.2 Å². The molecule has 2 aliphatic heterocycles. The van der Waals surface area contributed by atoms with Crippen LogP contribution in [0.1, 0.15) is 32.6 Å². The molecule has 7 heteroatoms. The number of nitrogens with zero attached hydrogens (tertiary/aromatic N) is 2. The van der Waals surface area contributed by atoms with E-state index in [4.69, 9.17) is 0 Å². The van der Waals surface area contributed by atoms with Crippen molar-refractivity contribution >= 4 is 21.6 Å². The van der Waals surface area contributed by atoms with Crippen LogP contribution in [-0.2, 0) is 14.8 Å². The minimum Gasteiger partial charge on any atom is -0.325 e. The number of hydrogen-bond donors (Lipinski definition) is 1. The molecule has 1 atom stereocenters. The van der Waals surface area contributed by atoms with Crippen LogP contribution in [0.3, 0.4) is 0 Å². The molecule has 0 unspecified atom stereocenters. The summed E-state index contributed by atoms with van der Waals surface area (Å²) in [6.07, 6.45) is 4.20. The number of nitrogens with one attached hydrogen (secondary N) is 1. The van der Waals surface area contributed by atoms with Crippen molar-refractivity contribution in [1.82, 2.24) is 9.21 Å². The molecule has 2 fully saturated rings. The lowest BCUT2D eigenvalue weighted by Gasteiger charge is -2.30. The molecule has 0 bridgehead atoms. The van der Waals surface area contributed by atoms with E-state index in [-0.39, 0.29) is 10.8 Å². The molecule has 3 rings (SSSR count). The standard InChI is InChI=1S/C18H27N3O3S/c1-15-5-4-10-20(13-15)14-18(22)19-16-6-8-17(9-7-16)25(23,24)21-11-2-3-12-21/h6-9,15H,2-5,10-14H2,1H3,(H,19,22)/t15-/m0/s1. The van der Waals surface area contributed by atoms with Crippen LogP contribution >= 0.6 is 0 Å². The van der Waals surface area contributed by atoms with Gasteiger partial charge >= 0.3 is 0 Å². The van der Waals surface area contributed by atoms with Crippen LogP contribution in [0, 0.1) is 5.92 Å². The van der Waals surface area contributed by atoms with Gasteiger partial charge in [0.1, 0.15) is 0 Å². The van der Waals surface area contributed by atoms with Crippen molar-refractivity contribution in [2.45, 2.75) is 37.5 Å². The van der Waals surface area contributed by atoms with E-state index in [2.05, 4.69) is 17.1 Å². The Morgan fingerprint density at radius 1 is 1.12 bits per heavy atom. The molecule has 1 aromatic carbocycles. The van der Waals surface area contributed by atoms with Crippen LogP contribution in [0.5, 0.6) is 0 Å². The number of amides is 1. The summed E-state index contributed by atoms with van der Waals surface area (Å²) < 4.78 is 26.5. The quantitative estimate of drug-likeness (QED) is 0.868. The number of benzene rings is 1. The first-order chi connectivity index (χ1) is 11.9. The lowest BCUT2D eigenvalue weighted by Crippen LogP contribution is -2.39. The van der Waals surface area contributed by atoms with E-state index in [1.54, 1.807) is 24.3 Å². The lowest BCUT2D eigenvalue weighted by atomic mass is 10.0. The SMILES string of the molecule is C[C@H]1CCCN(CC(=O)Nc2ccc(S(=O)(=O)N3CCCC3)cc2)C1. The molecule has 6 nitrogen and oxygen atoms in total. The van der Waals surface area contributed by atoms with Gasteiger partial charge in [0, 0.05) is 25.3 Å². The fraction of sp³-hybridized carbons (Fsp3) is 0.611. The predicted octanol–water partition coefficient (Wildman–Crippen LogP) is 2.14. The van der Waals surface area contributed by atoms with Gasteiger partial charge in [-0.15, -0.1) is 0 Å². The third-order valence-corrected chi connectivity index (χ3v) is 6.86. The molecule has 2 saturated heterocycles. The number of carbonyl (C=O) groups is 1. The fourth-order valence-electron chi connectivity index (χ4n) is 3.62. The van der Waals surface area contributed by atoms with Crippen LogP contribution in [0.4, 0.5) is 5.69 Å². The van der Waals surface area contributed by atoms with Gasteiger partial charge in [0.05, 0.1) is 11.4 Å². The topological polar surface area (TPSA) is 69.7 Å². The van der Waals surface area contributed by atoms with Gasteiger partial charge in [-0.25, -0.2) is 8.42 Å². The molecule has 25 heavy (non-hydrogen) atoms. The highest BCUT2D eigenvalue weighted by Gasteiger charge is 2.27. The zero-order valence-electron chi connectivity index (χ0n) is 14.8. The van der Waals surface area contributed by atoms with Gasteiger partial charge in [-0.1, -0.05) is 6.92 Å². The Balaban J connectivity index is 1.58. The van der Waals surface area contributed by atoms with Crippen molar-refractivity contribution in [3.05, 3.63) is 24.3 Å². The normalized spacial score (nSPS) is 22.8. The monoisotopic (exact) mass is 365 g/mol. The summed E-state index contributed by atoms with van der Waals surface area (Å²) in [5.41, 5.74) is 0.635. The van der Waals surface area contributed by atoms with Gasteiger partial charge < -0.3 is 5.32 Å². The first-order valence-electron chi connectivity index (χ1n) is 9.07. The number of likely N-dealkylation sites (tertiary alicyclic amines) is 1. The third kappa shape index (κ3) is 4.59. The zero-order chi connectivity index (χ0) is 17.9. The second-order valence-corrected chi connectivity index (χ2v) is 9.10. The Kier molecular flexibility index (Phi) is 5.76. The molecule has 1 N–H and O–H groups in total. The van der Waals surface area contributed by atoms with E-state index in [1.807, 2.05) is 0 Å². The van der Waals surface area contributed by atoms with Crippen molar-refractivity contribution < 1.29 is 13.2 Å². The van der Waals surface area contributed by atoms with Crippen LogP contribution in [0.2, 0.25) is 0 Å². The van der Waals surface area contributed by atoms with Crippen LogP contribution in [0.25, 0.3) is 0 Å². The third-order valence-electron chi connectivity index (χ3n) is 4.95. The molecule has 0 saturated carbocycles. The van der Waals surface area contributed by atoms with Crippen molar-refractivity contribution in [3.63, 3.8) is 0 Å². The van der Waals surface area contributed by atoms with Crippen molar-refractivity contribution in [3.8, 4) is 0 Å². The average Bonchev–Trinajstić information content (AvgIpc) is 3.10. The minimum atomic E-state index is -3.40. The maximum atomic E-state index is 12.5. The molecular formula is C18H27N3O3S. The molecule has 0 radical (unpaired) electrons. The first-order valence-corrected chi connectivity index (χ1v) is 10.5. The van der Waals surface area contributed by atoms with Crippen LogP contribution in [0.15, 0.2) is 29.2 Å². The van der Waals surface area contributed by atoms with Crippen molar-refractivity contribution in [2.75, 3.05) is 38.0 Å². The van der Waals surface area contributed by atoms with E-state index in [1.165, 1.54) is 10.7 Å². The molecule has 1 amide bonds. The molecule has 0 aromatic heterocycles. The lowest BCUT2D eigenvalue weighted by molar-refractivity contribution is -0.117. The highest BCUT2D eigenvalue weighted by Crippen LogP contribution is 2.22. The van der Waals surface area contributed by atoms with Gasteiger partial charge in [0.15, 0.2) is 0 Å². The van der Waals surface area contributed by atoms with Crippen molar-refractivity contribution in [2.24, 2.45) is 5.92 Å². The predicted molar refractivity (Wildman–Crippen MR) is 97.9 cm³/mol. The summed E-state index contributed by atoms with van der Waals surface area (Å²) >= 11 is 0. The van der Waals surface area contributed by atoms with Gasteiger partial charge in [0.25, 0.3) is 0 Å². The molecule has 138 valence electrons. The highest BCUT2D eigenvalue weighted by molar-refractivity contribution is 7.89.